The molecule has 1 N–H and O–H groups in total. The number of methoxy groups -OCH3 is 1. The van der Waals surface area contributed by atoms with Crippen LogP contribution in [0.4, 0.5) is 4.39 Å². The van der Waals surface area contributed by atoms with Crippen LogP contribution in [0.5, 0.6) is 11.5 Å². The summed E-state index contributed by atoms with van der Waals surface area (Å²) in [6.07, 6.45) is -1.41. The molecular weight excluding hydrogens is 435 g/mol. The van der Waals surface area contributed by atoms with E-state index < -0.39 is 18.6 Å². The van der Waals surface area contributed by atoms with Gasteiger partial charge in [0.25, 0.3) is 0 Å². The van der Waals surface area contributed by atoms with E-state index in [0.717, 1.165) is 5.56 Å². The highest BCUT2D eigenvalue weighted by molar-refractivity contribution is 9.25. The Bertz CT molecular complexity index is 525. The minimum Gasteiger partial charge on any atom is -0.546 e. The van der Waals surface area contributed by atoms with Crippen LogP contribution in [0.25, 0.3) is 0 Å². The molecule has 0 spiro atoms. The van der Waals surface area contributed by atoms with Crippen molar-refractivity contribution in [2.24, 2.45) is 0 Å². The first-order valence-corrected chi connectivity index (χ1v) is 11.4. The third-order valence-electron chi connectivity index (χ3n) is 3.08. The monoisotopic (exact) mass is 456 g/mol. The van der Waals surface area contributed by atoms with Crippen LogP contribution in [0.15, 0.2) is 12.1 Å². The lowest BCUT2D eigenvalue weighted by Crippen LogP contribution is -2.24. The Morgan fingerprint density at radius 2 is 1.77 bits per heavy atom. The fourth-order valence-electron chi connectivity index (χ4n) is 2.22. The first-order chi connectivity index (χ1) is 9.89. The molecule has 0 aliphatic heterocycles. The molecule has 3 nitrogen and oxygen atoms in total. The first-order valence-electron chi connectivity index (χ1n) is 7.02. The third-order valence-corrected chi connectivity index (χ3v) is 4.65. The van der Waals surface area contributed by atoms with Crippen molar-refractivity contribution in [1.82, 2.24) is 0 Å². The Morgan fingerprint density at radius 3 is 2.14 bits per heavy atom. The second kappa shape index (κ2) is 7.19. The third kappa shape index (κ3) is 4.69. The lowest BCUT2D eigenvalue weighted by molar-refractivity contribution is 0.112. The van der Waals surface area contributed by atoms with E-state index in [9.17, 15) is 9.50 Å². The summed E-state index contributed by atoms with van der Waals surface area (Å²) in [5.41, 5.74) is 0.942. The van der Waals surface area contributed by atoms with E-state index in [0.29, 0.717) is 17.1 Å². The zero-order valence-corrected chi connectivity index (χ0v) is 18.0. The highest BCUT2D eigenvalue weighted by atomic mass is 79.9. The van der Waals surface area contributed by atoms with E-state index >= 15 is 0 Å². The summed E-state index contributed by atoms with van der Waals surface area (Å²) in [5.74, 6) is 1.18. The van der Waals surface area contributed by atoms with Gasteiger partial charge in [0.1, 0.15) is 17.6 Å². The number of hydrogen-bond donors (Lipinski definition) is 1. The molecule has 0 heterocycles. The van der Waals surface area contributed by atoms with Crippen molar-refractivity contribution in [3.8, 4) is 11.5 Å². The number of hydrogen-bond acceptors (Lipinski definition) is 3. The molecule has 0 aromatic heterocycles. The van der Waals surface area contributed by atoms with Crippen molar-refractivity contribution in [3.63, 3.8) is 0 Å². The minimum atomic E-state index is -2.12. The Labute approximate surface area is 150 Å². The second-order valence-electron chi connectivity index (χ2n) is 6.42. The lowest BCUT2D eigenvalue weighted by atomic mass is 9.83. The molecule has 0 aliphatic carbocycles. The van der Waals surface area contributed by atoms with Crippen molar-refractivity contribution >= 4 is 40.9 Å². The van der Waals surface area contributed by atoms with Crippen LogP contribution in [-0.2, 0) is 5.41 Å². The first kappa shape index (κ1) is 19.9. The molecule has 1 atom stereocenters. The SMILES string of the molecule is COc1ccc(C(O)C(F)(Br)Br)c(O[SiH](C)C)c1C(C)(C)C. The Kier molecular flexibility index (Phi) is 6.52. The molecule has 0 fully saturated rings. The quantitative estimate of drug-likeness (QED) is 0.509. The van der Waals surface area contributed by atoms with Crippen LogP contribution in [-0.4, -0.2) is 24.7 Å². The standard InChI is InChI=1S/C15H23Br2FO3Si/c1-14(2,3)11-10(20-4)8-7-9(12(11)21-22(5)6)13(19)15(16,17)18/h7-8,13,19,22H,1-6H3. The molecular formula is C15H23Br2FO3Si. The average Bonchev–Trinajstić information content (AvgIpc) is 2.34. The lowest BCUT2D eigenvalue weighted by Gasteiger charge is -2.30. The van der Waals surface area contributed by atoms with Gasteiger partial charge in [0.05, 0.1) is 7.11 Å². The molecule has 7 heteroatoms. The number of aliphatic hydroxyl groups is 1. The molecule has 1 unspecified atom stereocenters. The molecule has 0 saturated heterocycles. The topological polar surface area (TPSA) is 38.7 Å². The molecule has 0 amide bonds. The van der Waals surface area contributed by atoms with Crippen molar-refractivity contribution in [3.05, 3.63) is 23.3 Å². The summed E-state index contributed by atoms with van der Waals surface area (Å²) >= 11 is 5.63. The molecule has 126 valence electrons. The normalized spacial score (nSPS) is 14.1. The average molecular weight is 458 g/mol. The zero-order chi connectivity index (χ0) is 17.3. The summed E-state index contributed by atoms with van der Waals surface area (Å²) in [4.78, 5) is 0. The van der Waals surface area contributed by atoms with Gasteiger partial charge >= 0.3 is 0 Å². The van der Waals surface area contributed by atoms with Gasteiger partial charge in [0, 0.05) is 11.1 Å². The second-order valence-corrected chi connectivity index (χ2v) is 12.1. The fraction of sp³-hybridized carbons (Fsp3) is 0.600. The van der Waals surface area contributed by atoms with Crippen molar-refractivity contribution in [2.75, 3.05) is 7.11 Å². The van der Waals surface area contributed by atoms with Crippen molar-refractivity contribution in [1.29, 1.82) is 0 Å². The van der Waals surface area contributed by atoms with E-state index in [1.54, 1.807) is 19.2 Å². The van der Waals surface area contributed by atoms with Gasteiger partial charge in [0.15, 0.2) is 0 Å². The zero-order valence-electron chi connectivity index (χ0n) is 13.7. The number of aliphatic hydroxyl groups excluding tert-OH is 1. The predicted octanol–water partition coefficient (Wildman–Crippen LogP) is 4.80. The summed E-state index contributed by atoms with van der Waals surface area (Å²) < 4.78 is 23.5. The number of ether oxygens (including phenoxy) is 1. The highest BCUT2D eigenvalue weighted by Gasteiger charge is 2.38. The van der Waals surface area contributed by atoms with E-state index in [1.807, 2.05) is 33.9 Å². The maximum atomic E-state index is 14.1. The fourth-order valence-corrected chi connectivity index (χ4v) is 3.43. The highest BCUT2D eigenvalue weighted by Crippen LogP contribution is 2.48. The van der Waals surface area contributed by atoms with E-state index in [2.05, 4.69) is 31.9 Å². The predicted molar refractivity (Wildman–Crippen MR) is 97.9 cm³/mol. The summed E-state index contributed by atoms with van der Waals surface area (Å²) in [7, 11) is 0.117. The van der Waals surface area contributed by atoms with Crippen LogP contribution >= 0.6 is 31.9 Å². The summed E-state index contributed by atoms with van der Waals surface area (Å²) in [6.45, 7) is 10.1. The summed E-state index contributed by atoms with van der Waals surface area (Å²) in [5, 5.41) is 10.3. The van der Waals surface area contributed by atoms with Crippen molar-refractivity contribution < 1.29 is 18.7 Å². The number of benzene rings is 1. The van der Waals surface area contributed by atoms with Gasteiger partial charge in [-0.3, -0.25) is 0 Å². The molecule has 0 aliphatic rings. The van der Waals surface area contributed by atoms with Crippen LogP contribution < -0.4 is 9.16 Å². The Balaban J connectivity index is 3.65. The molecule has 1 aromatic carbocycles. The number of alkyl halides is 3. The van der Waals surface area contributed by atoms with Crippen LogP contribution in [0.1, 0.15) is 38.0 Å². The van der Waals surface area contributed by atoms with E-state index in [1.165, 1.54) is 0 Å². The minimum absolute atomic E-state index is 0.280. The molecule has 22 heavy (non-hydrogen) atoms. The summed E-state index contributed by atoms with van der Waals surface area (Å²) in [6, 6.07) is 3.38. The van der Waals surface area contributed by atoms with Crippen LogP contribution in [0, 0.1) is 0 Å². The van der Waals surface area contributed by atoms with Gasteiger partial charge in [-0.05, 0) is 62.5 Å². The maximum Gasteiger partial charge on any atom is 0.248 e. The van der Waals surface area contributed by atoms with Gasteiger partial charge in [-0.2, -0.15) is 0 Å². The smallest absolute Gasteiger partial charge is 0.248 e. The maximum absolute atomic E-state index is 14.1. The van der Waals surface area contributed by atoms with E-state index in [-0.39, 0.29) is 5.41 Å². The molecule has 1 aromatic rings. The largest absolute Gasteiger partial charge is 0.546 e. The van der Waals surface area contributed by atoms with Crippen LogP contribution in [0.3, 0.4) is 0 Å². The number of rotatable bonds is 5. The van der Waals surface area contributed by atoms with Gasteiger partial charge in [-0.15, -0.1) is 0 Å². The molecule has 0 saturated carbocycles. The Morgan fingerprint density at radius 1 is 1.23 bits per heavy atom. The van der Waals surface area contributed by atoms with Crippen molar-refractivity contribution in [2.45, 2.75) is 48.9 Å². The van der Waals surface area contributed by atoms with E-state index in [4.69, 9.17) is 9.16 Å². The molecule has 1 rings (SSSR count). The van der Waals surface area contributed by atoms with Crippen LogP contribution in [0.2, 0.25) is 13.1 Å². The van der Waals surface area contributed by atoms with Gasteiger partial charge in [-0.25, -0.2) is 4.39 Å². The molecule has 0 radical (unpaired) electrons. The van der Waals surface area contributed by atoms with Gasteiger partial charge in [0.2, 0.25) is 12.5 Å². The molecule has 0 bridgehead atoms. The Hall–Kier alpha value is -0.113. The number of halogens is 3. The van der Waals surface area contributed by atoms with Gasteiger partial charge in [-0.1, -0.05) is 20.8 Å². The van der Waals surface area contributed by atoms with Gasteiger partial charge < -0.3 is 14.3 Å².